The Morgan fingerprint density at radius 3 is 2.80 bits per heavy atom. The lowest BCUT2D eigenvalue weighted by atomic mass is 10.2. The molecule has 0 aliphatic carbocycles. The second-order valence-corrected chi connectivity index (χ2v) is 4.56. The maximum absolute atomic E-state index is 4.38. The van der Waals surface area contributed by atoms with Crippen molar-refractivity contribution in [2.24, 2.45) is 7.05 Å². The Kier molecular flexibility index (Phi) is 3.20. The van der Waals surface area contributed by atoms with Gasteiger partial charge in [-0.1, -0.05) is 0 Å². The minimum atomic E-state index is 0.708. The molecule has 0 aliphatic heterocycles. The number of nitrogens with one attached hydrogen (secondary N) is 1. The molecular weight excluding hydrogens is 252 g/mol. The van der Waals surface area contributed by atoms with Gasteiger partial charge >= 0.3 is 0 Å². The van der Waals surface area contributed by atoms with Gasteiger partial charge in [0.2, 0.25) is 0 Å². The Bertz CT molecular complexity index is 698. The smallest absolute Gasteiger partial charge is 0.176 e. The summed E-state index contributed by atoms with van der Waals surface area (Å²) in [5.41, 5.74) is 3.27. The molecule has 0 fully saturated rings. The fourth-order valence-corrected chi connectivity index (χ4v) is 2.02. The van der Waals surface area contributed by atoms with E-state index in [1.54, 1.807) is 17.1 Å². The highest BCUT2D eigenvalue weighted by Crippen LogP contribution is 2.17. The second-order valence-electron chi connectivity index (χ2n) is 4.56. The van der Waals surface area contributed by atoms with Gasteiger partial charge in [0.1, 0.15) is 0 Å². The summed E-state index contributed by atoms with van der Waals surface area (Å²) in [7, 11) is 1.94. The maximum atomic E-state index is 4.38. The molecule has 20 heavy (non-hydrogen) atoms. The van der Waals surface area contributed by atoms with Crippen molar-refractivity contribution in [3.63, 3.8) is 0 Å². The summed E-state index contributed by atoms with van der Waals surface area (Å²) >= 11 is 0. The summed E-state index contributed by atoms with van der Waals surface area (Å²) in [6.45, 7) is 2.77. The highest BCUT2D eigenvalue weighted by atomic mass is 15.3. The van der Waals surface area contributed by atoms with Crippen molar-refractivity contribution in [1.82, 2.24) is 24.5 Å². The van der Waals surface area contributed by atoms with Gasteiger partial charge in [-0.3, -0.25) is 4.68 Å². The van der Waals surface area contributed by atoms with Crippen molar-refractivity contribution in [3.05, 3.63) is 54.2 Å². The highest BCUT2D eigenvalue weighted by molar-refractivity contribution is 5.56. The molecular formula is C14H16N6. The zero-order chi connectivity index (χ0) is 13.9. The Morgan fingerprint density at radius 2 is 2.10 bits per heavy atom. The summed E-state index contributed by atoms with van der Waals surface area (Å²) in [4.78, 5) is 4.38. The monoisotopic (exact) mass is 268 g/mol. The first-order valence-electron chi connectivity index (χ1n) is 6.42. The van der Waals surface area contributed by atoms with Crippen LogP contribution in [0.3, 0.4) is 0 Å². The lowest BCUT2D eigenvalue weighted by Crippen LogP contribution is -2.07. The van der Waals surface area contributed by atoms with Crippen molar-refractivity contribution < 1.29 is 0 Å². The summed E-state index contributed by atoms with van der Waals surface area (Å²) in [6, 6.07) is 5.78. The fraction of sp³-hybridized carbons (Fsp3) is 0.214. The molecule has 0 aromatic carbocycles. The summed E-state index contributed by atoms with van der Waals surface area (Å²) in [6.07, 6.45) is 7.26. The van der Waals surface area contributed by atoms with Crippen LogP contribution in [-0.2, 0) is 13.6 Å². The highest BCUT2D eigenvalue weighted by Gasteiger charge is 2.07. The molecule has 0 aliphatic rings. The van der Waals surface area contributed by atoms with E-state index in [0.29, 0.717) is 6.54 Å². The lowest BCUT2D eigenvalue weighted by molar-refractivity contribution is 0.738. The number of aromatic nitrogens is 5. The Labute approximate surface area is 117 Å². The van der Waals surface area contributed by atoms with Crippen molar-refractivity contribution in [2.45, 2.75) is 13.5 Å². The molecule has 102 valence electrons. The Balaban J connectivity index is 1.83. The quantitative estimate of drug-likeness (QED) is 0.785. The number of anilines is 1. The van der Waals surface area contributed by atoms with Gasteiger partial charge in [0.15, 0.2) is 5.82 Å². The topological polar surface area (TPSA) is 60.6 Å². The molecule has 0 amide bonds. The van der Waals surface area contributed by atoms with Crippen LogP contribution in [0.25, 0.3) is 5.82 Å². The van der Waals surface area contributed by atoms with E-state index in [1.807, 2.05) is 42.3 Å². The van der Waals surface area contributed by atoms with Crippen LogP contribution < -0.4 is 5.32 Å². The molecule has 0 unspecified atom stereocenters. The van der Waals surface area contributed by atoms with Gasteiger partial charge in [0.25, 0.3) is 0 Å². The molecule has 1 N–H and O–H groups in total. The van der Waals surface area contributed by atoms with Crippen molar-refractivity contribution >= 4 is 5.69 Å². The first-order chi connectivity index (χ1) is 9.75. The van der Waals surface area contributed by atoms with Crippen LogP contribution >= 0.6 is 0 Å². The van der Waals surface area contributed by atoms with E-state index in [1.165, 1.54) is 5.56 Å². The summed E-state index contributed by atoms with van der Waals surface area (Å²) in [5.74, 6) is 0.791. The molecule has 0 spiro atoms. The van der Waals surface area contributed by atoms with Gasteiger partial charge in [-0.05, 0) is 25.1 Å². The molecule has 0 bridgehead atoms. The molecule has 0 saturated carbocycles. The zero-order valence-corrected chi connectivity index (χ0v) is 11.5. The fourth-order valence-electron chi connectivity index (χ4n) is 2.02. The largest absolute Gasteiger partial charge is 0.378 e. The van der Waals surface area contributed by atoms with E-state index in [2.05, 4.69) is 27.4 Å². The van der Waals surface area contributed by atoms with Crippen LogP contribution in [-0.4, -0.2) is 24.5 Å². The molecule has 0 saturated heterocycles. The van der Waals surface area contributed by atoms with Gasteiger partial charge < -0.3 is 5.32 Å². The number of hydrogen-bond donors (Lipinski definition) is 1. The van der Waals surface area contributed by atoms with Crippen LogP contribution in [0.2, 0.25) is 0 Å². The molecule has 0 radical (unpaired) electrons. The molecule has 3 rings (SSSR count). The average molecular weight is 268 g/mol. The number of nitrogens with zero attached hydrogens (tertiary/aromatic N) is 5. The Morgan fingerprint density at radius 1 is 1.20 bits per heavy atom. The first-order valence-corrected chi connectivity index (χ1v) is 6.42. The van der Waals surface area contributed by atoms with Gasteiger partial charge in [-0.2, -0.15) is 10.2 Å². The molecule has 3 aromatic heterocycles. The van der Waals surface area contributed by atoms with Crippen LogP contribution in [0, 0.1) is 6.92 Å². The number of hydrogen-bond acceptors (Lipinski definition) is 4. The van der Waals surface area contributed by atoms with Gasteiger partial charge in [0.05, 0.1) is 11.9 Å². The number of pyridine rings is 1. The number of aryl methyl sites for hydroxylation is 1. The van der Waals surface area contributed by atoms with Crippen LogP contribution in [0.5, 0.6) is 0 Å². The summed E-state index contributed by atoms with van der Waals surface area (Å²) in [5, 5.41) is 11.9. The predicted molar refractivity (Wildman–Crippen MR) is 76.6 cm³/mol. The van der Waals surface area contributed by atoms with Crippen LogP contribution in [0.4, 0.5) is 5.69 Å². The first kappa shape index (κ1) is 12.4. The Hall–Kier alpha value is -2.63. The minimum absolute atomic E-state index is 0.708. The predicted octanol–water partition coefficient (Wildman–Crippen LogP) is 1.92. The van der Waals surface area contributed by atoms with E-state index in [-0.39, 0.29) is 0 Å². The van der Waals surface area contributed by atoms with Gasteiger partial charge in [-0.25, -0.2) is 9.67 Å². The van der Waals surface area contributed by atoms with Crippen molar-refractivity contribution in [2.75, 3.05) is 5.32 Å². The third-order valence-electron chi connectivity index (χ3n) is 3.31. The van der Waals surface area contributed by atoms with E-state index in [0.717, 1.165) is 17.2 Å². The minimum Gasteiger partial charge on any atom is -0.378 e. The van der Waals surface area contributed by atoms with Crippen molar-refractivity contribution in [1.29, 1.82) is 0 Å². The van der Waals surface area contributed by atoms with E-state index in [4.69, 9.17) is 0 Å². The van der Waals surface area contributed by atoms with Crippen LogP contribution in [0.15, 0.2) is 43.0 Å². The molecule has 3 heterocycles. The third-order valence-corrected chi connectivity index (χ3v) is 3.31. The van der Waals surface area contributed by atoms with E-state index >= 15 is 0 Å². The van der Waals surface area contributed by atoms with Crippen molar-refractivity contribution in [3.8, 4) is 5.82 Å². The third kappa shape index (κ3) is 2.27. The van der Waals surface area contributed by atoms with Gasteiger partial charge in [-0.15, -0.1) is 0 Å². The van der Waals surface area contributed by atoms with E-state index in [9.17, 15) is 0 Å². The average Bonchev–Trinajstić information content (AvgIpc) is 3.10. The molecule has 3 aromatic rings. The standard InChI is InChI=1S/C14H16N6/c1-11-12(10-18-19(11)2)9-16-13-5-3-6-15-14(13)20-8-4-7-17-20/h3-8,10,16H,9H2,1-2H3. The normalized spacial score (nSPS) is 10.7. The zero-order valence-electron chi connectivity index (χ0n) is 11.5. The molecule has 6 heteroatoms. The maximum Gasteiger partial charge on any atom is 0.176 e. The van der Waals surface area contributed by atoms with E-state index < -0.39 is 0 Å². The molecule has 0 atom stereocenters. The number of rotatable bonds is 4. The summed E-state index contributed by atoms with van der Waals surface area (Å²) < 4.78 is 3.62. The van der Waals surface area contributed by atoms with Crippen LogP contribution in [0.1, 0.15) is 11.3 Å². The molecule has 6 nitrogen and oxygen atoms in total. The second kappa shape index (κ2) is 5.16. The lowest BCUT2D eigenvalue weighted by Gasteiger charge is -2.10. The SMILES string of the molecule is Cc1c(CNc2cccnc2-n2cccn2)cnn1C. The van der Waals surface area contributed by atoms with Gasteiger partial charge in [0, 0.05) is 43.4 Å².